The summed E-state index contributed by atoms with van der Waals surface area (Å²) < 4.78 is 7.51. The van der Waals surface area contributed by atoms with E-state index in [9.17, 15) is 14.4 Å². The third-order valence-electron chi connectivity index (χ3n) is 7.60. The maximum absolute atomic E-state index is 12.9. The van der Waals surface area contributed by atoms with Gasteiger partial charge in [0.25, 0.3) is 5.91 Å². The number of piperazine rings is 1. The van der Waals surface area contributed by atoms with Gasteiger partial charge in [-0.05, 0) is 51.3 Å². The van der Waals surface area contributed by atoms with Crippen molar-refractivity contribution in [3.05, 3.63) is 41.9 Å². The Labute approximate surface area is 246 Å². The van der Waals surface area contributed by atoms with Gasteiger partial charge in [-0.25, -0.2) is 14.8 Å². The molecule has 42 heavy (non-hydrogen) atoms. The molecule has 3 aromatic rings. The van der Waals surface area contributed by atoms with Crippen LogP contribution in [-0.2, 0) is 16.0 Å². The topological polar surface area (TPSA) is 126 Å². The van der Waals surface area contributed by atoms with Crippen LogP contribution >= 0.6 is 0 Å². The fraction of sp³-hybridized carbons (Fsp3) is 0.533. The molecule has 0 aromatic carbocycles. The van der Waals surface area contributed by atoms with E-state index in [0.29, 0.717) is 43.6 Å². The van der Waals surface area contributed by atoms with Crippen LogP contribution in [0.4, 0.5) is 16.6 Å². The molecule has 2 fully saturated rings. The molecule has 0 radical (unpaired) electrons. The standard InChI is InChI=1S/C30H40N8O4/c1-30(2,3)42-29(41)37-14-12-36(13-15-37)25(39)16-20-10-11-24(31-18-20)33-28-32-19-21-17-23(27(40)35(4)5)38(26(21)34-28)22-8-6-7-9-22/h10-11,17-19,22H,6-9,12-16H2,1-5H3,(H,31,32,33,34). The van der Waals surface area contributed by atoms with Crippen LogP contribution in [0.15, 0.2) is 30.6 Å². The van der Waals surface area contributed by atoms with E-state index < -0.39 is 5.60 Å². The Bertz CT molecular complexity index is 1450. The average molecular weight is 577 g/mol. The van der Waals surface area contributed by atoms with Crippen LogP contribution in [0.5, 0.6) is 0 Å². The van der Waals surface area contributed by atoms with Crippen molar-refractivity contribution >= 4 is 40.7 Å². The molecule has 1 aliphatic carbocycles. The molecule has 12 heteroatoms. The summed E-state index contributed by atoms with van der Waals surface area (Å²) in [5, 5.41) is 3.99. The van der Waals surface area contributed by atoms with E-state index in [0.717, 1.165) is 42.3 Å². The van der Waals surface area contributed by atoms with Crippen molar-refractivity contribution in [2.45, 2.75) is 64.5 Å². The highest BCUT2D eigenvalue weighted by Gasteiger charge is 2.28. The van der Waals surface area contributed by atoms with E-state index in [1.807, 2.05) is 32.9 Å². The number of nitrogens with one attached hydrogen (secondary N) is 1. The maximum Gasteiger partial charge on any atom is 0.410 e. The molecule has 3 amide bonds. The number of amides is 3. The first-order valence-corrected chi connectivity index (χ1v) is 14.6. The van der Waals surface area contributed by atoms with Crippen LogP contribution < -0.4 is 5.32 Å². The summed E-state index contributed by atoms with van der Waals surface area (Å²) in [4.78, 5) is 56.9. The lowest BCUT2D eigenvalue weighted by Gasteiger charge is -2.35. The molecule has 0 spiro atoms. The van der Waals surface area contributed by atoms with Gasteiger partial charge < -0.3 is 29.3 Å². The van der Waals surface area contributed by atoms with Crippen LogP contribution in [0.2, 0.25) is 0 Å². The highest BCUT2D eigenvalue weighted by molar-refractivity contribution is 5.98. The van der Waals surface area contributed by atoms with E-state index in [2.05, 4.69) is 19.9 Å². The fourth-order valence-corrected chi connectivity index (χ4v) is 5.46. The molecule has 0 atom stereocenters. The number of carbonyl (C=O) groups is 3. The zero-order valence-electron chi connectivity index (χ0n) is 25.1. The molecule has 1 saturated heterocycles. The molecule has 1 saturated carbocycles. The van der Waals surface area contributed by atoms with Crippen LogP contribution in [0.25, 0.3) is 11.0 Å². The second kappa shape index (κ2) is 11.9. The third-order valence-corrected chi connectivity index (χ3v) is 7.60. The van der Waals surface area contributed by atoms with E-state index in [4.69, 9.17) is 9.72 Å². The van der Waals surface area contributed by atoms with Gasteiger partial charge in [0.05, 0.1) is 6.42 Å². The van der Waals surface area contributed by atoms with Crippen molar-refractivity contribution in [1.82, 2.24) is 34.2 Å². The van der Waals surface area contributed by atoms with Gasteiger partial charge in [-0.1, -0.05) is 18.9 Å². The van der Waals surface area contributed by atoms with Gasteiger partial charge in [0, 0.05) is 64.1 Å². The Balaban J connectivity index is 1.22. The summed E-state index contributed by atoms with van der Waals surface area (Å²) >= 11 is 0. The lowest BCUT2D eigenvalue weighted by Crippen LogP contribution is -2.52. The highest BCUT2D eigenvalue weighted by atomic mass is 16.6. The molecule has 224 valence electrons. The first-order chi connectivity index (χ1) is 20.0. The molecular formula is C30H40N8O4. The third kappa shape index (κ3) is 6.63. The number of hydrogen-bond acceptors (Lipinski definition) is 8. The Kier molecular flexibility index (Phi) is 8.33. The van der Waals surface area contributed by atoms with Crippen molar-refractivity contribution in [3.63, 3.8) is 0 Å². The van der Waals surface area contributed by atoms with Gasteiger partial charge in [0.1, 0.15) is 22.8 Å². The molecule has 1 aliphatic heterocycles. The van der Waals surface area contributed by atoms with E-state index in [1.165, 1.54) is 0 Å². The Hall–Kier alpha value is -4.22. The second-order valence-corrected chi connectivity index (χ2v) is 12.2. The van der Waals surface area contributed by atoms with Crippen molar-refractivity contribution in [2.75, 3.05) is 45.6 Å². The van der Waals surface area contributed by atoms with Gasteiger partial charge in [0.15, 0.2) is 0 Å². The minimum Gasteiger partial charge on any atom is -0.444 e. The number of fused-ring (bicyclic) bond motifs is 1. The fourth-order valence-electron chi connectivity index (χ4n) is 5.46. The predicted molar refractivity (Wildman–Crippen MR) is 159 cm³/mol. The summed E-state index contributed by atoms with van der Waals surface area (Å²) in [6.45, 7) is 7.34. The number of pyridine rings is 1. The minimum atomic E-state index is -0.548. The smallest absolute Gasteiger partial charge is 0.410 e. The van der Waals surface area contributed by atoms with Gasteiger partial charge in [-0.15, -0.1) is 0 Å². The second-order valence-electron chi connectivity index (χ2n) is 12.2. The van der Waals surface area contributed by atoms with E-state index >= 15 is 0 Å². The van der Waals surface area contributed by atoms with Crippen molar-refractivity contribution in [1.29, 1.82) is 0 Å². The van der Waals surface area contributed by atoms with Gasteiger partial charge in [-0.3, -0.25) is 9.59 Å². The Morgan fingerprint density at radius 1 is 1.00 bits per heavy atom. The number of anilines is 2. The van der Waals surface area contributed by atoms with Crippen LogP contribution in [0.1, 0.15) is 68.5 Å². The molecule has 1 N–H and O–H groups in total. The largest absolute Gasteiger partial charge is 0.444 e. The van der Waals surface area contributed by atoms with Crippen molar-refractivity contribution < 1.29 is 19.1 Å². The first-order valence-electron chi connectivity index (χ1n) is 14.6. The van der Waals surface area contributed by atoms with Crippen molar-refractivity contribution in [2.24, 2.45) is 0 Å². The lowest BCUT2D eigenvalue weighted by atomic mass is 10.2. The van der Waals surface area contributed by atoms with Crippen LogP contribution in [-0.4, -0.2) is 98.0 Å². The van der Waals surface area contributed by atoms with Crippen LogP contribution in [0, 0.1) is 0 Å². The number of ether oxygens (including phenoxy) is 1. The molecule has 2 aliphatic rings. The van der Waals surface area contributed by atoms with Crippen molar-refractivity contribution in [3.8, 4) is 0 Å². The SMILES string of the molecule is CN(C)C(=O)c1cc2cnc(Nc3ccc(CC(=O)N4CCN(C(=O)OC(C)(C)C)CC4)cn3)nc2n1C1CCCC1. The van der Waals surface area contributed by atoms with Gasteiger partial charge in [-0.2, -0.15) is 4.98 Å². The summed E-state index contributed by atoms with van der Waals surface area (Å²) in [6.07, 6.45) is 7.59. The summed E-state index contributed by atoms with van der Waals surface area (Å²) in [5.41, 5.74) is 1.61. The Morgan fingerprint density at radius 3 is 2.31 bits per heavy atom. The van der Waals surface area contributed by atoms with E-state index in [1.54, 1.807) is 47.3 Å². The van der Waals surface area contributed by atoms with Gasteiger partial charge in [0.2, 0.25) is 11.9 Å². The maximum atomic E-state index is 12.9. The molecule has 3 aromatic heterocycles. The minimum absolute atomic E-state index is 0.00844. The zero-order chi connectivity index (χ0) is 30.0. The summed E-state index contributed by atoms with van der Waals surface area (Å²) in [6, 6.07) is 5.77. The number of rotatable bonds is 6. The van der Waals surface area contributed by atoms with E-state index in [-0.39, 0.29) is 30.4 Å². The molecule has 4 heterocycles. The normalized spacial score (nSPS) is 16.1. The molecule has 0 bridgehead atoms. The molecule has 0 unspecified atom stereocenters. The van der Waals surface area contributed by atoms with Crippen LogP contribution in [0.3, 0.4) is 0 Å². The highest BCUT2D eigenvalue weighted by Crippen LogP contribution is 2.35. The average Bonchev–Trinajstić information content (AvgIpc) is 3.60. The Morgan fingerprint density at radius 2 is 1.69 bits per heavy atom. The monoisotopic (exact) mass is 576 g/mol. The molecule has 12 nitrogen and oxygen atoms in total. The number of hydrogen-bond donors (Lipinski definition) is 1. The summed E-state index contributed by atoms with van der Waals surface area (Å²) in [7, 11) is 3.51. The zero-order valence-corrected chi connectivity index (χ0v) is 25.1. The first kappa shape index (κ1) is 29.3. The quantitative estimate of drug-likeness (QED) is 0.467. The van der Waals surface area contributed by atoms with Gasteiger partial charge >= 0.3 is 6.09 Å². The number of carbonyl (C=O) groups excluding carboxylic acids is 3. The molecular weight excluding hydrogens is 536 g/mol. The number of nitrogens with zero attached hydrogens (tertiary/aromatic N) is 7. The number of aromatic nitrogens is 4. The predicted octanol–water partition coefficient (Wildman–Crippen LogP) is 4.01. The summed E-state index contributed by atoms with van der Waals surface area (Å²) in [5.74, 6) is 0.889. The molecule has 5 rings (SSSR count). The lowest BCUT2D eigenvalue weighted by molar-refractivity contribution is -0.132.